The number of aliphatic hydroxyl groups excluding tert-OH is 5. The van der Waals surface area contributed by atoms with Crippen molar-refractivity contribution < 1.29 is 59.5 Å². The molecule has 1 aromatic carbocycles. The first-order valence-corrected chi connectivity index (χ1v) is 11.4. The molecule has 1 saturated heterocycles. The van der Waals surface area contributed by atoms with E-state index >= 15 is 0 Å². The van der Waals surface area contributed by atoms with E-state index in [2.05, 4.69) is 0 Å². The Bertz CT molecular complexity index is 993. The average molecular weight is 510 g/mol. The standard InChI is InChI=1S/C24H30O12/c1-23(36-16(28)7-4-12-2-5-13(26)6-3-12)10-15(27)24(32)8-9-33-22(20(23)24)35-21-19(31)18(30)17(29)14(11-25)34-21/h2-9,14-15,17-22,25-27,29-32H,10-11H2,1H3/b7-4+/t14-,15-,17-,18+,19-,20+,21+,22+,23+,24-/m1/s1. The van der Waals surface area contributed by atoms with E-state index in [1.54, 1.807) is 12.1 Å². The first kappa shape index (κ1) is 26.5. The van der Waals surface area contributed by atoms with Crippen molar-refractivity contribution in [2.24, 2.45) is 5.92 Å². The second-order valence-corrected chi connectivity index (χ2v) is 9.38. The number of carbonyl (C=O) groups excluding carboxylic acids is 1. The first-order chi connectivity index (χ1) is 17.0. The topological polar surface area (TPSA) is 196 Å². The Morgan fingerprint density at radius 3 is 2.47 bits per heavy atom. The van der Waals surface area contributed by atoms with Crippen molar-refractivity contribution in [1.29, 1.82) is 0 Å². The van der Waals surface area contributed by atoms with E-state index < -0.39 is 72.8 Å². The summed E-state index contributed by atoms with van der Waals surface area (Å²) in [6.45, 7) is 0.808. The van der Waals surface area contributed by atoms with Gasteiger partial charge in [0, 0.05) is 12.5 Å². The molecular weight excluding hydrogens is 480 g/mol. The van der Waals surface area contributed by atoms with Crippen LogP contribution in [0, 0.1) is 5.92 Å². The highest BCUT2D eigenvalue weighted by Crippen LogP contribution is 2.51. The van der Waals surface area contributed by atoms with Crippen molar-refractivity contribution in [3.05, 3.63) is 48.2 Å². The van der Waals surface area contributed by atoms with Gasteiger partial charge in [-0.15, -0.1) is 0 Å². The van der Waals surface area contributed by atoms with Crippen LogP contribution in [0.5, 0.6) is 5.75 Å². The van der Waals surface area contributed by atoms with Crippen LogP contribution in [0.1, 0.15) is 18.9 Å². The van der Waals surface area contributed by atoms with Gasteiger partial charge in [-0.05, 0) is 36.8 Å². The van der Waals surface area contributed by atoms with Crippen LogP contribution in [0.2, 0.25) is 0 Å². The highest BCUT2D eigenvalue weighted by molar-refractivity contribution is 5.87. The van der Waals surface area contributed by atoms with Crippen LogP contribution in [0.15, 0.2) is 42.7 Å². The Morgan fingerprint density at radius 1 is 1.11 bits per heavy atom. The monoisotopic (exact) mass is 510 g/mol. The number of rotatable bonds is 6. The number of hydrogen-bond donors (Lipinski definition) is 7. The van der Waals surface area contributed by atoms with Crippen LogP contribution in [0.25, 0.3) is 6.08 Å². The molecule has 1 saturated carbocycles. The van der Waals surface area contributed by atoms with E-state index in [9.17, 15) is 40.5 Å². The summed E-state index contributed by atoms with van der Waals surface area (Å²) in [7, 11) is 0. The largest absolute Gasteiger partial charge is 0.508 e. The molecule has 36 heavy (non-hydrogen) atoms. The predicted molar refractivity (Wildman–Crippen MR) is 120 cm³/mol. The zero-order valence-corrected chi connectivity index (χ0v) is 19.3. The normalized spacial score (nSPS) is 42.2. The molecule has 3 aliphatic rings. The fraction of sp³-hybridized carbons (Fsp3) is 0.542. The van der Waals surface area contributed by atoms with Crippen molar-refractivity contribution in [1.82, 2.24) is 0 Å². The Balaban J connectivity index is 1.54. The number of phenols is 1. The number of fused-ring (bicyclic) bond motifs is 1. The van der Waals surface area contributed by atoms with E-state index in [0.29, 0.717) is 5.56 Å². The summed E-state index contributed by atoms with van der Waals surface area (Å²) in [5.41, 5.74) is -2.84. The Morgan fingerprint density at radius 2 is 1.81 bits per heavy atom. The second kappa shape index (κ2) is 10.1. The molecule has 2 heterocycles. The average Bonchev–Trinajstić information content (AvgIpc) is 3.04. The molecule has 0 spiro atoms. The lowest BCUT2D eigenvalue weighted by atomic mass is 9.81. The number of aromatic hydroxyl groups is 1. The van der Waals surface area contributed by atoms with Gasteiger partial charge in [-0.3, -0.25) is 0 Å². The van der Waals surface area contributed by atoms with E-state index in [1.165, 1.54) is 31.2 Å². The number of aliphatic hydroxyl groups is 6. The lowest BCUT2D eigenvalue weighted by Gasteiger charge is -2.45. The van der Waals surface area contributed by atoms with Crippen molar-refractivity contribution in [3.8, 4) is 5.75 Å². The van der Waals surface area contributed by atoms with Gasteiger partial charge in [0.1, 0.15) is 41.4 Å². The van der Waals surface area contributed by atoms with Crippen LogP contribution in [-0.2, 0) is 23.7 Å². The minimum atomic E-state index is -1.94. The minimum Gasteiger partial charge on any atom is -0.508 e. The van der Waals surface area contributed by atoms with E-state index in [4.69, 9.17) is 18.9 Å². The number of benzene rings is 1. The van der Waals surface area contributed by atoms with Gasteiger partial charge < -0.3 is 54.7 Å². The van der Waals surface area contributed by atoms with E-state index in [-0.39, 0.29) is 12.2 Å². The number of esters is 1. The fourth-order valence-electron chi connectivity index (χ4n) is 4.94. The SMILES string of the molecule is C[C@]1(OC(=O)/C=C/c2ccc(O)cc2)C[C@@H](O)[C@]2(O)C=CO[C@@H](O[C@@H]3O[C@H](CO)[C@@H](O)[C@H](O)[C@H]3O)[C@H]21. The minimum absolute atomic E-state index is 0.0669. The van der Waals surface area contributed by atoms with Crippen LogP contribution in [-0.4, -0.2) is 103 Å². The molecule has 12 heteroatoms. The van der Waals surface area contributed by atoms with Gasteiger partial charge in [0.25, 0.3) is 0 Å². The summed E-state index contributed by atoms with van der Waals surface area (Å²) in [4.78, 5) is 12.7. The Labute approximate surface area is 206 Å². The molecule has 0 amide bonds. The molecule has 2 aliphatic heterocycles. The predicted octanol–water partition coefficient (Wildman–Crippen LogP) is -1.49. The summed E-state index contributed by atoms with van der Waals surface area (Å²) < 4.78 is 22.2. The summed E-state index contributed by atoms with van der Waals surface area (Å²) in [5, 5.41) is 71.1. The highest BCUT2D eigenvalue weighted by atomic mass is 16.8. The fourth-order valence-corrected chi connectivity index (χ4v) is 4.94. The lowest BCUT2D eigenvalue weighted by Crippen LogP contribution is -2.62. The second-order valence-electron chi connectivity index (χ2n) is 9.38. The molecule has 198 valence electrons. The molecular formula is C24H30O12. The van der Waals surface area contributed by atoms with Gasteiger partial charge in [-0.1, -0.05) is 12.1 Å². The third-order valence-electron chi connectivity index (χ3n) is 6.86. The number of phenolic OH excluding ortho intramolecular Hbond substituents is 1. The number of hydrogen-bond acceptors (Lipinski definition) is 12. The molecule has 7 N–H and O–H groups in total. The summed E-state index contributed by atoms with van der Waals surface area (Å²) in [6.07, 6.45) is -5.96. The molecule has 1 aliphatic carbocycles. The molecule has 2 fully saturated rings. The molecule has 0 unspecified atom stereocenters. The summed E-state index contributed by atoms with van der Waals surface area (Å²) in [5.74, 6) is -1.93. The zero-order valence-electron chi connectivity index (χ0n) is 19.3. The van der Waals surface area contributed by atoms with Crippen molar-refractivity contribution in [2.75, 3.05) is 6.61 Å². The van der Waals surface area contributed by atoms with Crippen LogP contribution in [0.3, 0.4) is 0 Å². The quantitative estimate of drug-likeness (QED) is 0.173. The van der Waals surface area contributed by atoms with Gasteiger partial charge in [0.05, 0.1) is 24.9 Å². The molecule has 10 atom stereocenters. The Hall–Kier alpha value is -2.55. The van der Waals surface area contributed by atoms with Gasteiger partial charge >= 0.3 is 5.97 Å². The number of carbonyl (C=O) groups is 1. The lowest BCUT2D eigenvalue weighted by molar-refractivity contribution is -0.351. The molecule has 0 radical (unpaired) electrons. The highest BCUT2D eigenvalue weighted by Gasteiger charge is 2.66. The van der Waals surface area contributed by atoms with Crippen molar-refractivity contribution >= 4 is 12.0 Å². The summed E-state index contributed by atoms with van der Waals surface area (Å²) >= 11 is 0. The molecule has 0 aromatic heterocycles. The maximum atomic E-state index is 12.7. The van der Waals surface area contributed by atoms with Gasteiger partial charge in [-0.2, -0.15) is 0 Å². The van der Waals surface area contributed by atoms with Gasteiger partial charge in [-0.25, -0.2) is 4.79 Å². The van der Waals surface area contributed by atoms with Crippen molar-refractivity contribution in [3.63, 3.8) is 0 Å². The van der Waals surface area contributed by atoms with E-state index in [1.807, 2.05) is 0 Å². The van der Waals surface area contributed by atoms with Crippen LogP contribution >= 0.6 is 0 Å². The first-order valence-electron chi connectivity index (χ1n) is 11.4. The van der Waals surface area contributed by atoms with Crippen LogP contribution in [0.4, 0.5) is 0 Å². The molecule has 0 bridgehead atoms. The molecule has 12 nitrogen and oxygen atoms in total. The molecule has 4 rings (SSSR count). The maximum absolute atomic E-state index is 12.7. The van der Waals surface area contributed by atoms with Gasteiger partial charge in [0.15, 0.2) is 6.29 Å². The third kappa shape index (κ3) is 4.86. The third-order valence-corrected chi connectivity index (χ3v) is 6.86. The van der Waals surface area contributed by atoms with E-state index in [0.717, 1.165) is 12.3 Å². The smallest absolute Gasteiger partial charge is 0.331 e. The van der Waals surface area contributed by atoms with Crippen molar-refractivity contribution in [2.45, 2.75) is 67.6 Å². The molecule has 1 aromatic rings. The Kier molecular flexibility index (Phi) is 7.42. The van der Waals surface area contributed by atoms with Crippen LogP contribution < -0.4 is 0 Å². The van der Waals surface area contributed by atoms with Gasteiger partial charge in [0.2, 0.25) is 6.29 Å². The summed E-state index contributed by atoms with van der Waals surface area (Å²) in [6, 6.07) is 6.07. The maximum Gasteiger partial charge on any atom is 0.331 e. The number of ether oxygens (including phenoxy) is 4. The zero-order chi connectivity index (χ0) is 26.3.